The van der Waals surface area contributed by atoms with Crippen LogP contribution < -0.4 is 10.9 Å². The van der Waals surface area contributed by atoms with E-state index in [1.807, 2.05) is 37.3 Å². The van der Waals surface area contributed by atoms with Crippen LogP contribution in [0.5, 0.6) is 0 Å². The highest BCUT2D eigenvalue weighted by atomic mass is 32.2. The number of hydrogen-bond acceptors (Lipinski definition) is 4. The van der Waals surface area contributed by atoms with E-state index in [0.717, 1.165) is 11.4 Å². The maximum absolute atomic E-state index is 12.2. The summed E-state index contributed by atoms with van der Waals surface area (Å²) in [5.41, 5.74) is 3.65. The van der Waals surface area contributed by atoms with Crippen LogP contribution in [0, 0.1) is 6.92 Å². The van der Waals surface area contributed by atoms with Gasteiger partial charge in [-0.3, -0.25) is 14.6 Å². The van der Waals surface area contributed by atoms with E-state index < -0.39 is 0 Å². The van der Waals surface area contributed by atoms with Gasteiger partial charge in [0.2, 0.25) is 5.91 Å². The molecule has 3 N–H and O–H groups in total. The molecule has 1 aromatic carbocycles. The van der Waals surface area contributed by atoms with E-state index in [9.17, 15) is 9.59 Å². The van der Waals surface area contributed by atoms with Crippen LogP contribution in [-0.2, 0) is 4.79 Å². The van der Waals surface area contributed by atoms with Crippen molar-refractivity contribution in [3.8, 4) is 0 Å². The number of carbonyl (C=O) groups excluding carboxylic acids is 1. The van der Waals surface area contributed by atoms with Crippen LogP contribution in [0.15, 0.2) is 40.3 Å². The highest BCUT2D eigenvalue weighted by Crippen LogP contribution is 2.19. The third-order valence-electron chi connectivity index (χ3n) is 3.78. The number of amides is 1. The highest BCUT2D eigenvalue weighted by Gasteiger charge is 2.10. The summed E-state index contributed by atoms with van der Waals surface area (Å²) in [6.45, 7) is 6.09. The number of aromatic amines is 2. The number of anilines is 1. The minimum absolute atomic E-state index is 0.140. The molecular weight excluding hydrogens is 336 g/mol. The van der Waals surface area contributed by atoms with E-state index in [1.54, 1.807) is 0 Å². The lowest BCUT2D eigenvalue weighted by Crippen LogP contribution is -2.15. The topological polar surface area (TPSA) is 90.6 Å². The van der Waals surface area contributed by atoms with E-state index in [2.05, 4.69) is 34.1 Å². The number of nitrogens with one attached hydrogen (secondary N) is 3. The van der Waals surface area contributed by atoms with Crippen LogP contribution >= 0.6 is 11.8 Å². The first kappa shape index (κ1) is 17.3. The van der Waals surface area contributed by atoms with Gasteiger partial charge in [0.25, 0.3) is 5.56 Å². The second kappa shape index (κ2) is 7.14. The molecule has 0 aliphatic rings. The molecule has 1 amide bonds. The molecule has 7 heteroatoms. The van der Waals surface area contributed by atoms with E-state index in [-0.39, 0.29) is 17.2 Å². The molecule has 0 atom stereocenters. The van der Waals surface area contributed by atoms with Gasteiger partial charge in [0, 0.05) is 11.4 Å². The summed E-state index contributed by atoms with van der Waals surface area (Å²) in [6, 6.07) is 9.62. The van der Waals surface area contributed by atoms with Crippen molar-refractivity contribution in [1.82, 2.24) is 15.0 Å². The number of fused-ring (bicyclic) bond motifs is 1. The van der Waals surface area contributed by atoms with E-state index >= 15 is 0 Å². The number of carbonyl (C=O) groups is 1. The zero-order chi connectivity index (χ0) is 18.0. The van der Waals surface area contributed by atoms with Crippen LogP contribution in [-0.4, -0.2) is 26.6 Å². The largest absolute Gasteiger partial charge is 0.353 e. The Morgan fingerprint density at radius 2 is 2.08 bits per heavy atom. The third kappa shape index (κ3) is 4.11. The molecule has 0 unspecified atom stereocenters. The fourth-order valence-electron chi connectivity index (χ4n) is 2.51. The Hall–Kier alpha value is -2.54. The van der Waals surface area contributed by atoms with Gasteiger partial charge in [-0.25, -0.2) is 4.98 Å². The minimum Gasteiger partial charge on any atom is -0.353 e. The number of thioether (sulfide) groups is 1. The summed E-state index contributed by atoms with van der Waals surface area (Å²) >= 11 is 1.20. The Morgan fingerprint density at radius 1 is 1.28 bits per heavy atom. The van der Waals surface area contributed by atoms with Crippen molar-refractivity contribution in [3.63, 3.8) is 0 Å². The summed E-state index contributed by atoms with van der Waals surface area (Å²) < 4.78 is 0. The first-order valence-corrected chi connectivity index (χ1v) is 9.03. The SMILES string of the molecule is Cc1cc2nc(SCC(=O)Nc3cccc(C(C)C)c3)[nH]c(=O)c2[nH]1. The molecule has 0 saturated heterocycles. The summed E-state index contributed by atoms with van der Waals surface area (Å²) in [5.74, 6) is 0.431. The molecule has 0 saturated carbocycles. The Kier molecular flexibility index (Phi) is 4.94. The second-order valence-corrected chi connectivity index (χ2v) is 7.16. The molecule has 0 aliphatic heterocycles. The maximum Gasteiger partial charge on any atom is 0.275 e. The Bertz CT molecular complexity index is 975. The lowest BCUT2D eigenvalue weighted by molar-refractivity contribution is -0.113. The molecule has 3 aromatic rings. The lowest BCUT2D eigenvalue weighted by atomic mass is 10.0. The van der Waals surface area contributed by atoms with Crippen molar-refractivity contribution >= 4 is 34.4 Å². The number of aryl methyl sites for hydroxylation is 1. The zero-order valence-corrected chi connectivity index (χ0v) is 15.2. The average molecular weight is 356 g/mol. The van der Waals surface area contributed by atoms with Crippen LogP contribution in [0.2, 0.25) is 0 Å². The Morgan fingerprint density at radius 3 is 2.84 bits per heavy atom. The van der Waals surface area contributed by atoms with Crippen molar-refractivity contribution in [2.45, 2.75) is 31.8 Å². The van der Waals surface area contributed by atoms with Crippen molar-refractivity contribution in [2.75, 3.05) is 11.1 Å². The number of rotatable bonds is 5. The predicted molar refractivity (Wildman–Crippen MR) is 101 cm³/mol. The van der Waals surface area contributed by atoms with Gasteiger partial charge in [0.15, 0.2) is 5.16 Å². The smallest absolute Gasteiger partial charge is 0.275 e. The highest BCUT2D eigenvalue weighted by molar-refractivity contribution is 7.99. The van der Waals surface area contributed by atoms with Gasteiger partial charge < -0.3 is 10.3 Å². The number of nitrogens with zero attached hydrogens (tertiary/aromatic N) is 1. The monoisotopic (exact) mass is 356 g/mol. The van der Waals surface area contributed by atoms with Gasteiger partial charge in [-0.15, -0.1) is 0 Å². The second-order valence-electron chi connectivity index (χ2n) is 6.20. The summed E-state index contributed by atoms with van der Waals surface area (Å²) in [6.07, 6.45) is 0. The molecule has 0 bridgehead atoms. The normalized spacial score (nSPS) is 11.2. The van der Waals surface area contributed by atoms with Gasteiger partial charge in [-0.05, 0) is 36.6 Å². The molecule has 25 heavy (non-hydrogen) atoms. The van der Waals surface area contributed by atoms with Crippen LogP contribution in [0.1, 0.15) is 31.0 Å². The molecule has 0 radical (unpaired) electrons. The first-order valence-electron chi connectivity index (χ1n) is 8.04. The summed E-state index contributed by atoms with van der Waals surface area (Å²) in [7, 11) is 0. The van der Waals surface area contributed by atoms with E-state index in [0.29, 0.717) is 22.1 Å². The molecule has 130 valence electrons. The van der Waals surface area contributed by atoms with Crippen LogP contribution in [0.25, 0.3) is 11.0 Å². The molecule has 3 rings (SSSR count). The number of aromatic nitrogens is 3. The third-order valence-corrected chi connectivity index (χ3v) is 4.65. The molecule has 2 heterocycles. The van der Waals surface area contributed by atoms with Crippen molar-refractivity contribution in [1.29, 1.82) is 0 Å². The molecule has 0 spiro atoms. The van der Waals surface area contributed by atoms with Crippen molar-refractivity contribution in [3.05, 3.63) is 51.9 Å². The number of benzene rings is 1. The standard InChI is InChI=1S/C18H20N4O2S/c1-10(2)12-5-4-6-13(8-12)20-15(23)9-25-18-21-14-7-11(3)19-16(14)17(24)22-18/h4-8,10,19H,9H2,1-3H3,(H,20,23)(H,21,22,24). The Balaban J connectivity index is 1.66. The van der Waals surface area contributed by atoms with Crippen molar-refractivity contribution < 1.29 is 4.79 Å². The molecule has 0 aliphatic carbocycles. The minimum atomic E-state index is -0.231. The molecule has 2 aromatic heterocycles. The quantitative estimate of drug-likeness (QED) is 0.483. The van der Waals surface area contributed by atoms with Gasteiger partial charge in [-0.2, -0.15) is 0 Å². The lowest BCUT2D eigenvalue weighted by Gasteiger charge is -2.09. The average Bonchev–Trinajstić information content (AvgIpc) is 2.94. The fourth-order valence-corrected chi connectivity index (χ4v) is 3.18. The first-order chi connectivity index (χ1) is 11.9. The molecular formula is C18H20N4O2S. The summed E-state index contributed by atoms with van der Waals surface area (Å²) in [4.78, 5) is 34.2. The fraction of sp³-hybridized carbons (Fsp3) is 0.278. The molecule has 0 fully saturated rings. The van der Waals surface area contributed by atoms with Crippen molar-refractivity contribution in [2.24, 2.45) is 0 Å². The van der Waals surface area contributed by atoms with Gasteiger partial charge in [-0.1, -0.05) is 37.7 Å². The van der Waals surface area contributed by atoms with Crippen LogP contribution in [0.3, 0.4) is 0 Å². The van der Waals surface area contributed by atoms with Gasteiger partial charge >= 0.3 is 0 Å². The Labute approximate surface area is 149 Å². The van der Waals surface area contributed by atoms with Crippen LogP contribution in [0.4, 0.5) is 5.69 Å². The number of hydrogen-bond donors (Lipinski definition) is 3. The van der Waals surface area contributed by atoms with Gasteiger partial charge in [0.1, 0.15) is 5.52 Å². The van der Waals surface area contributed by atoms with E-state index in [1.165, 1.54) is 17.3 Å². The number of H-pyrrole nitrogens is 2. The summed E-state index contributed by atoms with van der Waals surface area (Å²) in [5, 5.41) is 3.31. The van der Waals surface area contributed by atoms with E-state index in [4.69, 9.17) is 0 Å². The maximum atomic E-state index is 12.2. The zero-order valence-electron chi connectivity index (χ0n) is 14.3. The predicted octanol–water partition coefficient (Wildman–Crippen LogP) is 3.41. The molecule has 6 nitrogen and oxygen atoms in total. The van der Waals surface area contributed by atoms with Gasteiger partial charge in [0.05, 0.1) is 11.3 Å².